The van der Waals surface area contributed by atoms with Crippen molar-refractivity contribution >= 4 is 74.4 Å². The number of carbonyl (C=O) groups excluding carboxylic acids is 2. The van der Waals surface area contributed by atoms with Crippen molar-refractivity contribution in [1.29, 1.82) is 0 Å². The van der Waals surface area contributed by atoms with Gasteiger partial charge in [0.1, 0.15) is 13.0 Å². The first-order valence-corrected chi connectivity index (χ1v) is 12.6. The summed E-state index contributed by atoms with van der Waals surface area (Å²) in [6, 6.07) is 15.5. The standard InChI is InChI=1S/C25H21BrCl3N3O4/c1-2-35-22-10-16(9-19(26)25(22)36-14-15-3-5-17(27)6-4-15)13-30-32-24(34)12-23(33)31-18-7-8-20(28)21(29)11-18/h3-11,13H,2,12,14H2,1H3,(H,31,33)(H,32,34). The van der Waals surface area contributed by atoms with E-state index in [1.54, 1.807) is 36.4 Å². The Morgan fingerprint density at radius 1 is 0.972 bits per heavy atom. The van der Waals surface area contributed by atoms with E-state index in [0.29, 0.717) is 55.5 Å². The minimum atomic E-state index is -0.587. The quantitative estimate of drug-likeness (QED) is 0.149. The molecule has 0 saturated heterocycles. The maximum Gasteiger partial charge on any atom is 0.249 e. The molecule has 0 spiro atoms. The third-order valence-corrected chi connectivity index (χ3v) is 6.14. The maximum absolute atomic E-state index is 12.1. The van der Waals surface area contributed by atoms with Crippen molar-refractivity contribution in [2.24, 2.45) is 5.10 Å². The molecule has 36 heavy (non-hydrogen) atoms. The van der Waals surface area contributed by atoms with Gasteiger partial charge in [-0.3, -0.25) is 9.59 Å². The summed E-state index contributed by atoms with van der Waals surface area (Å²) in [5.74, 6) is -0.0675. The molecule has 0 unspecified atom stereocenters. The lowest BCUT2D eigenvalue weighted by atomic mass is 10.2. The first kappa shape index (κ1) is 27.8. The van der Waals surface area contributed by atoms with E-state index in [1.165, 1.54) is 12.3 Å². The minimum Gasteiger partial charge on any atom is -0.490 e. The zero-order chi connectivity index (χ0) is 26.1. The van der Waals surface area contributed by atoms with Gasteiger partial charge in [-0.2, -0.15) is 5.10 Å². The molecule has 0 bridgehead atoms. The summed E-state index contributed by atoms with van der Waals surface area (Å²) in [6.45, 7) is 2.61. The normalized spacial score (nSPS) is 10.8. The molecule has 0 radical (unpaired) electrons. The van der Waals surface area contributed by atoms with Crippen molar-refractivity contribution in [1.82, 2.24) is 5.43 Å². The van der Waals surface area contributed by atoms with Crippen LogP contribution in [0.25, 0.3) is 0 Å². The average Bonchev–Trinajstić information content (AvgIpc) is 2.82. The molecule has 2 N–H and O–H groups in total. The van der Waals surface area contributed by atoms with Crippen molar-refractivity contribution in [3.8, 4) is 11.5 Å². The van der Waals surface area contributed by atoms with Crippen LogP contribution in [-0.2, 0) is 16.2 Å². The van der Waals surface area contributed by atoms with Gasteiger partial charge in [-0.25, -0.2) is 5.43 Å². The van der Waals surface area contributed by atoms with Gasteiger partial charge in [0, 0.05) is 10.7 Å². The Morgan fingerprint density at radius 3 is 2.42 bits per heavy atom. The Kier molecular flexibility index (Phi) is 10.4. The Hall–Kier alpha value is -2.78. The number of carbonyl (C=O) groups is 2. The molecule has 3 aromatic rings. The van der Waals surface area contributed by atoms with Crippen LogP contribution in [0.4, 0.5) is 5.69 Å². The molecule has 0 aliphatic carbocycles. The number of nitrogens with one attached hydrogen (secondary N) is 2. The topological polar surface area (TPSA) is 89.0 Å². The fourth-order valence-corrected chi connectivity index (χ4v) is 3.94. The molecule has 0 saturated carbocycles. The van der Waals surface area contributed by atoms with Gasteiger partial charge in [0.2, 0.25) is 11.8 Å². The lowest BCUT2D eigenvalue weighted by molar-refractivity contribution is -0.126. The van der Waals surface area contributed by atoms with E-state index in [-0.39, 0.29) is 0 Å². The molecular weight excluding hydrogens is 593 g/mol. The number of amides is 2. The highest BCUT2D eigenvalue weighted by Crippen LogP contribution is 2.37. The Labute approximate surface area is 231 Å². The number of halogens is 4. The molecule has 0 heterocycles. The Morgan fingerprint density at radius 2 is 1.72 bits per heavy atom. The fraction of sp³-hybridized carbons (Fsp3) is 0.160. The van der Waals surface area contributed by atoms with Crippen LogP contribution in [-0.4, -0.2) is 24.6 Å². The van der Waals surface area contributed by atoms with Crippen LogP contribution in [0.3, 0.4) is 0 Å². The van der Waals surface area contributed by atoms with Gasteiger partial charge in [0.25, 0.3) is 0 Å². The van der Waals surface area contributed by atoms with Crippen LogP contribution in [0, 0.1) is 0 Å². The fourth-order valence-electron chi connectivity index (χ4n) is 2.94. The number of ether oxygens (including phenoxy) is 2. The number of hydrogen-bond donors (Lipinski definition) is 2. The first-order chi connectivity index (χ1) is 17.2. The molecule has 0 aliphatic rings. The molecule has 0 aromatic heterocycles. The summed E-state index contributed by atoms with van der Waals surface area (Å²) in [5.41, 5.74) is 4.35. The number of hydrazone groups is 1. The van der Waals surface area contributed by atoms with Gasteiger partial charge in [0.05, 0.1) is 27.3 Å². The zero-order valence-corrected chi connectivity index (χ0v) is 22.8. The summed E-state index contributed by atoms with van der Waals surface area (Å²) in [4.78, 5) is 24.2. The first-order valence-electron chi connectivity index (χ1n) is 10.7. The third-order valence-electron chi connectivity index (χ3n) is 4.56. The summed E-state index contributed by atoms with van der Waals surface area (Å²) in [7, 11) is 0. The van der Waals surface area contributed by atoms with Gasteiger partial charge in [-0.15, -0.1) is 0 Å². The number of rotatable bonds is 10. The summed E-state index contributed by atoms with van der Waals surface area (Å²) >= 11 is 21.2. The van der Waals surface area contributed by atoms with Gasteiger partial charge in [0.15, 0.2) is 11.5 Å². The number of nitrogens with zero attached hydrogens (tertiary/aromatic N) is 1. The predicted molar refractivity (Wildman–Crippen MR) is 147 cm³/mol. The van der Waals surface area contributed by atoms with Crippen LogP contribution in [0.15, 0.2) is 64.2 Å². The largest absolute Gasteiger partial charge is 0.490 e. The second-order valence-corrected chi connectivity index (χ2v) is 9.43. The maximum atomic E-state index is 12.1. The third kappa shape index (κ3) is 8.41. The molecule has 7 nitrogen and oxygen atoms in total. The highest BCUT2D eigenvalue weighted by molar-refractivity contribution is 9.10. The molecule has 11 heteroatoms. The number of hydrogen-bond acceptors (Lipinski definition) is 5. The Bertz CT molecular complexity index is 1270. The molecule has 188 valence electrons. The van der Waals surface area contributed by atoms with Crippen LogP contribution >= 0.6 is 50.7 Å². The van der Waals surface area contributed by atoms with Gasteiger partial charge >= 0.3 is 0 Å². The minimum absolute atomic E-state index is 0.294. The van der Waals surface area contributed by atoms with Crippen LogP contribution in [0.2, 0.25) is 15.1 Å². The van der Waals surface area contributed by atoms with Crippen molar-refractivity contribution in [3.63, 3.8) is 0 Å². The average molecular weight is 614 g/mol. The highest BCUT2D eigenvalue weighted by atomic mass is 79.9. The molecule has 0 atom stereocenters. The SMILES string of the molecule is CCOc1cc(C=NNC(=O)CC(=O)Nc2ccc(Cl)c(Cl)c2)cc(Br)c1OCc1ccc(Cl)cc1. The number of anilines is 1. The highest BCUT2D eigenvalue weighted by Gasteiger charge is 2.13. The van der Waals surface area contributed by atoms with Crippen LogP contribution < -0.4 is 20.2 Å². The monoisotopic (exact) mass is 611 g/mol. The molecule has 2 amide bonds. The van der Waals surface area contributed by atoms with E-state index < -0.39 is 18.2 Å². The summed E-state index contributed by atoms with van der Waals surface area (Å²) in [6.07, 6.45) is 1.01. The lowest BCUT2D eigenvalue weighted by Gasteiger charge is -2.14. The lowest BCUT2D eigenvalue weighted by Crippen LogP contribution is -2.24. The van der Waals surface area contributed by atoms with Crippen molar-refractivity contribution in [3.05, 3.63) is 85.3 Å². The second kappa shape index (κ2) is 13.5. The smallest absolute Gasteiger partial charge is 0.249 e. The molecule has 0 fully saturated rings. The summed E-state index contributed by atoms with van der Waals surface area (Å²) < 4.78 is 12.3. The van der Waals surface area contributed by atoms with E-state index in [1.807, 2.05) is 19.1 Å². The van der Waals surface area contributed by atoms with Gasteiger partial charge < -0.3 is 14.8 Å². The van der Waals surface area contributed by atoms with E-state index in [9.17, 15) is 9.59 Å². The van der Waals surface area contributed by atoms with Gasteiger partial charge in [-0.1, -0.05) is 46.9 Å². The van der Waals surface area contributed by atoms with Gasteiger partial charge in [-0.05, 0) is 76.4 Å². The Balaban J connectivity index is 1.59. The van der Waals surface area contributed by atoms with Crippen LogP contribution in [0.1, 0.15) is 24.5 Å². The van der Waals surface area contributed by atoms with Crippen LogP contribution in [0.5, 0.6) is 11.5 Å². The van der Waals surface area contributed by atoms with Crippen molar-refractivity contribution in [2.75, 3.05) is 11.9 Å². The van der Waals surface area contributed by atoms with Crippen molar-refractivity contribution in [2.45, 2.75) is 20.0 Å². The van der Waals surface area contributed by atoms with E-state index in [2.05, 4.69) is 31.8 Å². The van der Waals surface area contributed by atoms with Crippen molar-refractivity contribution < 1.29 is 19.1 Å². The molecule has 3 rings (SSSR count). The predicted octanol–water partition coefficient (Wildman–Crippen LogP) is 6.87. The second-order valence-electron chi connectivity index (χ2n) is 7.33. The van der Waals surface area contributed by atoms with E-state index in [4.69, 9.17) is 44.3 Å². The molecular formula is C25H21BrCl3N3O4. The van der Waals surface area contributed by atoms with E-state index >= 15 is 0 Å². The number of benzene rings is 3. The zero-order valence-electron chi connectivity index (χ0n) is 19.0. The molecule has 0 aliphatic heterocycles. The molecule has 3 aromatic carbocycles. The summed E-state index contributed by atoms with van der Waals surface area (Å²) in [5, 5.41) is 7.81. The van der Waals surface area contributed by atoms with E-state index in [0.717, 1.165) is 5.56 Å².